The molecule has 0 aromatic carbocycles. The SMILES string of the molecule is CCNCCCNc1cnn(CCO)c(=O)c1Cl. The number of aliphatic hydroxyl groups excluding tert-OH is 1. The van der Waals surface area contributed by atoms with Crippen molar-refractivity contribution in [3.63, 3.8) is 0 Å². The van der Waals surface area contributed by atoms with Gasteiger partial charge in [0.1, 0.15) is 5.02 Å². The lowest BCUT2D eigenvalue weighted by molar-refractivity contribution is 0.266. The van der Waals surface area contributed by atoms with Crippen LogP contribution in [0.2, 0.25) is 5.02 Å². The minimum atomic E-state index is -0.387. The van der Waals surface area contributed by atoms with E-state index in [0.717, 1.165) is 30.7 Å². The van der Waals surface area contributed by atoms with E-state index in [-0.39, 0.29) is 23.7 Å². The standard InChI is InChI=1S/C11H19ClN4O2/c1-2-13-4-3-5-14-9-8-15-16(6-7-17)11(18)10(9)12/h8,13-14,17H,2-7H2,1H3. The van der Waals surface area contributed by atoms with Crippen molar-refractivity contribution in [2.75, 3.05) is 31.6 Å². The van der Waals surface area contributed by atoms with Crippen molar-refractivity contribution in [3.05, 3.63) is 21.6 Å². The average Bonchev–Trinajstić information content (AvgIpc) is 2.37. The van der Waals surface area contributed by atoms with Gasteiger partial charge in [-0.2, -0.15) is 5.10 Å². The van der Waals surface area contributed by atoms with Crippen LogP contribution in [0.15, 0.2) is 11.0 Å². The van der Waals surface area contributed by atoms with Crippen LogP contribution in [-0.4, -0.2) is 41.1 Å². The minimum Gasteiger partial charge on any atom is -0.394 e. The molecule has 0 fully saturated rings. The van der Waals surface area contributed by atoms with Crippen LogP contribution in [0, 0.1) is 0 Å². The maximum Gasteiger partial charge on any atom is 0.287 e. The molecule has 0 unspecified atom stereocenters. The van der Waals surface area contributed by atoms with Crippen LogP contribution < -0.4 is 16.2 Å². The largest absolute Gasteiger partial charge is 0.394 e. The van der Waals surface area contributed by atoms with Crippen molar-refractivity contribution in [1.82, 2.24) is 15.1 Å². The van der Waals surface area contributed by atoms with Crippen molar-refractivity contribution < 1.29 is 5.11 Å². The number of rotatable bonds is 8. The van der Waals surface area contributed by atoms with E-state index in [1.165, 1.54) is 6.20 Å². The third-order valence-electron chi connectivity index (χ3n) is 2.39. The van der Waals surface area contributed by atoms with Crippen LogP contribution in [0.4, 0.5) is 5.69 Å². The fourth-order valence-corrected chi connectivity index (χ4v) is 1.67. The van der Waals surface area contributed by atoms with E-state index in [1.54, 1.807) is 0 Å². The van der Waals surface area contributed by atoms with Gasteiger partial charge in [-0.3, -0.25) is 4.79 Å². The van der Waals surface area contributed by atoms with E-state index in [4.69, 9.17) is 16.7 Å². The van der Waals surface area contributed by atoms with Crippen LogP contribution in [0.3, 0.4) is 0 Å². The number of nitrogens with zero attached hydrogens (tertiary/aromatic N) is 2. The maximum absolute atomic E-state index is 11.7. The van der Waals surface area contributed by atoms with Crippen LogP contribution >= 0.6 is 11.6 Å². The molecule has 0 saturated carbocycles. The number of hydrogen-bond donors (Lipinski definition) is 3. The summed E-state index contributed by atoms with van der Waals surface area (Å²) in [5.74, 6) is 0. The number of anilines is 1. The fraction of sp³-hybridized carbons (Fsp3) is 0.636. The van der Waals surface area contributed by atoms with Crippen molar-refractivity contribution in [2.24, 2.45) is 0 Å². The molecule has 1 aromatic rings. The third-order valence-corrected chi connectivity index (χ3v) is 2.76. The zero-order valence-corrected chi connectivity index (χ0v) is 11.2. The molecule has 1 aromatic heterocycles. The van der Waals surface area contributed by atoms with Gasteiger partial charge in [-0.1, -0.05) is 18.5 Å². The first kappa shape index (κ1) is 14.9. The Labute approximate surface area is 111 Å². The zero-order chi connectivity index (χ0) is 13.4. The lowest BCUT2D eigenvalue weighted by Crippen LogP contribution is -2.26. The van der Waals surface area contributed by atoms with Crippen molar-refractivity contribution >= 4 is 17.3 Å². The molecule has 0 aliphatic carbocycles. The lowest BCUT2D eigenvalue weighted by Gasteiger charge is -2.09. The molecule has 0 spiro atoms. The van der Waals surface area contributed by atoms with Gasteiger partial charge >= 0.3 is 0 Å². The summed E-state index contributed by atoms with van der Waals surface area (Å²) in [5.41, 5.74) is 0.148. The number of hydrogen-bond acceptors (Lipinski definition) is 5. The molecule has 1 rings (SSSR count). The smallest absolute Gasteiger partial charge is 0.287 e. The zero-order valence-electron chi connectivity index (χ0n) is 10.4. The van der Waals surface area contributed by atoms with E-state index in [9.17, 15) is 4.79 Å². The molecular weight excluding hydrogens is 256 g/mol. The average molecular weight is 275 g/mol. The van der Waals surface area contributed by atoms with Gasteiger partial charge in [0.2, 0.25) is 0 Å². The summed E-state index contributed by atoms with van der Waals surface area (Å²) in [5, 5.41) is 19.1. The molecule has 6 nitrogen and oxygen atoms in total. The van der Waals surface area contributed by atoms with Gasteiger partial charge in [0.25, 0.3) is 5.56 Å². The molecule has 0 saturated heterocycles. The fourth-order valence-electron chi connectivity index (χ4n) is 1.46. The Bertz CT molecular complexity index is 422. The monoisotopic (exact) mass is 274 g/mol. The minimum absolute atomic E-state index is 0.113. The molecular formula is C11H19ClN4O2. The molecule has 3 N–H and O–H groups in total. The maximum atomic E-state index is 11.7. The summed E-state index contributed by atoms with van der Waals surface area (Å²) in [4.78, 5) is 11.7. The van der Waals surface area contributed by atoms with Gasteiger partial charge in [0.15, 0.2) is 0 Å². The van der Waals surface area contributed by atoms with Gasteiger partial charge in [0, 0.05) is 6.54 Å². The van der Waals surface area contributed by atoms with E-state index in [2.05, 4.69) is 22.7 Å². The molecule has 7 heteroatoms. The van der Waals surface area contributed by atoms with Crippen LogP contribution in [-0.2, 0) is 6.54 Å². The van der Waals surface area contributed by atoms with E-state index in [0.29, 0.717) is 5.69 Å². The van der Waals surface area contributed by atoms with E-state index < -0.39 is 0 Å². The third kappa shape index (κ3) is 4.29. The predicted molar refractivity (Wildman–Crippen MR) is 72.2 cm³/mol. The Balaban J connectivity index is 2.57. The van der Waals surface area contributed by atoms with Crippen molar-refractivity contribution in [3.8, 4) is 0 Å². The second kappa shape index (κ2) is 8.07. The highest BCUT2D eigenvalue weighted by atomic mass is 35.5. The first-order valence-electron chi connectivity index (χ1n) is 6.01. The highest BCUT2D eigenvalue weighted by molar-refractivity contribution is 6.32. The lowest BCUT2D eigenvalue weighted by atomic mass is 10.4. The summed E-state index contributed by atoms with van der Waals surface area (Å²) < 4.78 is 1.14. The number of halogens is 1. The van der Waals surface area contributed by atoms with Crippen molar-refractivity contribution in [1.29, 1.82) is 0 Å². The van der Waals surface area contributed by atoms with Gasteiger partial charge in [-0.05, 0) is 19.5 Å². The summed E-state index contributed by atoms with van der Waals surface area (Å²) >= 11 is 5.94. The number of nitrogens with one attached hydrogen (secondary N) is 2. The summed E-state index contributed by atoms with van der Waals surface area (Å²) in [6.45, 7) is 4.64. The molecule has 1 heterocycles. The molecule has 102 valence electrons. The van der Waals surface area contributed by atoms with E-state index >= 15 is 0 Å². The summed E-state index contributed by atoms with van der Waals surface area (Å²) in [7, 11) is 0. The van der Waals surface area contributed by atoms with Gasteiger partial charge in [0.05, 0.1) is 25.0 Å². The van der Waals surface area contributed by atoms with Crippen LogP contribution in [0.5, 0.6) is 0 Å². The topological polar surface area (TPSA) is 79.2 Å². The molecule has 0 amide bonds. The molecule has 0 bridgehead atoms. The second-order valence-electron chi connectivity index (χ2n) is 3.76. The molecule has 18 heavy (non-hydrogen) atoms. The Morgan fingerprint density at radius 3 is 2.94 bits per heavy atom. The molecule has 0 aliphatic rings. The summed E-state index contributed by atoms with van der Waals surface area (Å²) in [6.07, 6.45) is 2.44. The first-order chi connectivity index (χ1) is 8.70. The van der Waals surface area contributed by atoms with E-state index in [1.807, 2.05) is 0 Å². The highest BCUT2D eigenvalue weighted by Gasteiger charge is 2.08. The van der Waals surface area contributed by atoms with Gasteiger partial charge in [-0.15, -0.1) is 0 Å². The quantitative estimate of drug-likeness (QED) is 0.594. The first-order valence-corrected chi connectivity index (χ1v) is 6.39. The predicted octanol–water partition coefficient (Wildman–Crippen LogP) is 0.300. The van der Waals surface area contributed by atoms with Crippen molar-refractivity contribution in [2.45, 2.75) is 19.9 Å². The van der Waals surface area contributed by atoms with Crippen LogP contribution in [0.1, 0.15) is 13.3 Å². The Kier molecular flexibility index (Phi) is 6.70. The molecule has 0 atom stereocenters. The molecule has 0 radical (unpaired) electrons. The summed E-state index contributed by atoms with van der Waals surface area (Å²) in [6, 6.07) is 0. The number of aromatic nitrogens is 2. The molecule has 0 aliphatic heterocycles. The normalized spacial score (nSPS) is 10.6. The van der Waals surface area contributed by atoms with Crippen LogP contribution in [0.25, 0.3) is 0 Å². The second-order valence-corrected chi connectivity index (χ2v) is 4.14. The Morgan fingerprint density at radius 1 is 1.50 bits per heavy atom. The Morgan fingerprint density at radius 2 is 2.28 bits per heavy atom. The highest BCUT2D eigenvalue weighted by Crippen LogP contribution is 2.14. The van der Waals surface area contributed by atoms with Gasteiger partial charge < -0.3 is 15.7 Å². The number of aliphatic hydroxyl groups is 1. The Hall–Kier alpha value is -1.11. The van der Waals surface area contributed by atoms with Gasteiger partial charge in [-0.25, -0.2) is 4.68 Å².